The Morgan fingerprint density at radius 2 is 0.808 bits per heavy atom. The summed E-state index contributed by atoms with van der Waals surface area (Å²) in [6.45, 7) is 6.37. The van der Waals surface area contributed by atoms with Gasteiger partial charge in [-0.25, -0.2) is 0 Å². The largest absolute Gasteiger partial charge is 0.462 e. The van der Waals surface area contributed by atoms with Crippen molar-refractivity contribution in [2.45, 2.75) is 200 Å². The number of ether oxygens (including phenoxy) is 3. The molecule has 1 atom stereocenters. The van der Waals surface area contributed by atoms with Crippen molar-refractivity contribution in [3.05, 3.63) is 60.8 Å². The molecule has 0 spiro atoms. The Balaban J connectivity index is 4.49. The van der Waals surface area contributed by atoms with E-state index in [1.54, 1.807) is 0 Å². The van der Waals surface area contributed by atoms with Crippen molar-refractivity contribution in [1.29, 1.82) is 0 Å². The van der Waals surface area contributed by atoms with Crippen molar-refractivity contribution in [2.24, 2.45) is 0 Å². The molecule has 0 amide bonds. The maximum Gasteiger partial charge on any atom is 0.306 e. The molecule has 0 saturated heterocycles. The van der Waals surface area contributed by atoms with Gasteiger partial charge in [-0.1, -0.05) is 171 Å². The normalized spacial score (nSPS) is 12.6. The van der Waals surface area contributed by atoms with Crippen LogP contribution in [0.2, 0.25) is 0 Å². The first-order valence-corrected chi connectivity index (χ1v) is 21.3. The van der Waals surface area contributed by atoms with E-state index in [0.717, 1.165) is 77.0 Å². The highest BCUT2D eigenvalue weighted by Crippen LogP contribution is 2.13. The summed E-state index contributed by atoms with van der Waals surface area (Å²) in [5.74, 6) is -1.00. The average Bonchev–Trinajstić information content (AvgIpc) is 3.14. The van der Waals surface area contributed by atoms with E-state index in [9.17, 15) is 14.4 Å². The lowest BCUT2D eigenvalue weighted by molar-refractivity contribution is -0.166. The molecule has 0 N–H and O–H groups in total. The molecule has 0 aromatic carbocycles. The number of esters is 3. The van der Waals surface area contributed by atoms with Crippen molar-refractivity contribution in [1.82, 2.24) is 0 Å². The van der Waals surface area contributed by atoms with Crippen molar-refractivity contribution < 1.29 is 28.6 Å². The first-order chi connectivity index (χ1) is 25.5. The Hall–Kier alpha value is -2.89. The molecule has 0 radical (unpaired) electrons. The number of carbonyl (C=O) groups is 3. The van der Waals surface area contributed by atoms with Gasteiger partial charge >= 0.3 is 17.9 Å². The molecule has 0 aromatic rings. The Morgan fingerprint density at radius 1 is 0.404 bits per heavy atom. The number of hydrogen-bond acceptors (Lipinski definition) is 6. The first-order valence-electron chi connectivity index (χ1n) is 21.3. The standard InChI is InChI=1S/C46H78O6/c1-4-7-10-13-16-19-22-23-25-27-30-33-36-39-45(48)51-42-43(41-50-44(47)38-35-32-29-26-21-18-15-12-9-6-3)52-46(49)40-37-34-31-28-24-20-17-14-11-8-5-2/h7,10,14,16-17,19,23,25,30,33,43H,4-6,8-9,11-13,15,18,20-22,24,26-29,31-32,34-42H2,1-3H3/b10-7-,17-14-,19-16-,25-23-,33-30-. The van der Waals surface area contributed by atoms with Crippen LogP contribution in [0.1, 0.15) is 194 Å². The monoisotopic (exact) mass is 727 g/mol. The highest BCUT2D eigenvalue weighted by Gasteiger charge is 2.19. The minimum atomic E-state index is -0.801. The predicted octanol–water partition coefficient (Wildman–Crippen LogP) is 13.4. The fourth-order valence-corrected chi connectivity index (χ4v) is 5.55. The van der Waals surface area contributed by atoms with Gasteiger partial charge in [0.05, 0.1) is 0 Å². The molecule has 0 aliphatic heterocycles. The lowest BCUT2D eigenvalue weighted by atomic mass is 10.1. The Morgan fingerprint density at radius 3 is 1.35 bits per heavy atom. The lowest BCUT2D eigenvalue weighted by Gasteiger charge is -2.18. The van der Waals surface area contributed by atoms with E-state index >= 15 is 0 Å². The third kappa shape index (κ3) is 38.3. The summed E-state index contributed by atoms with van der Waals surface area (Å²) in [7, 11) is 0. The second-order valence-electron chi connectivity index (χ2n) is 13.9. The van der Waals surface area contributed by atoms with Gasteiger partial charge in [0.2, 0.25) is 0 Å². The number of carbonyl (C=O) groups excluding carboxylic acids is 3. The van der Waals surface area contributed by atoms with Crippen LogP contribution in [0.4, 0.5) is 0 Å². The second kappa shape index (κ2) is 40.9. The van der Waals surface area contributed by atoms with E-state index in [-0.39, 0.29) is 37.5 Å². The highest BCUT2D eigenvalue weighted by atomic mass is 16.6. The van der Waals surface area contributed by atoms with Gasteiger partial charge in [0.1, 0.15) is 13.2 Å². The quantitative estimate of drug-likeness (QED) is 0.0274. The molecule has 298 valence electrons. The summed E-state index contributed by atoms with van der Waals surface area (Å²) in [6.07, 6.45) is 47.9. The van der Waals surface area contributed by atoms with E-state index in [0.29, 0.717) is 19.3 Å². The van der Waals surface area contributed by atoms with E-state index in [2.05, 4.69) is 69.4 Å². The molecule has 52 heavy (non-hydrogen) atoms. The van der Waals surface area contributed by atoms with Crippen LogP contribution in [0.25, 0.3) is 0 Å². The molecule has 6 heteroatoms. The fraction of sp³-hybridized carbons (Fsp3) is 0.717. The van der Waals surface area contributed by atoms with Gasteiger partial charge in [-0.15, -0.1) is 0 Å². The summed E-state index contributed by atoms with van der Waals surface area (Å²) < 4.78 is 16.6. The molecule has 0 bridgehead atoms. The zero-order valence-electron chi connectivity index (χ0n) is 33.8. The number of unbranched alkanes of at least 4 members (excludes halogenated alkanes) is 16. The summed E-state index contributed by atoms with van der Waals surface area (Å²) in [4.78, 5) is 37.5. The van der Waals surface area contributed by atoms with Crippen LogP contribution < -0.4 is 0 Å². The Bertz CT molecular complexity index is 975. The van der Waals surface area contributed by atoms with Gasteiger partial charge in [-0.2, -0.15) is 0 Å². The molecular formula is C46H78O6. The van der Waals surface area contributed by atoms with Gasteiger partial charge in [-0.3, -0.25) is 14.4 Å². The number of allylic oxidation sites excluding steroid dienone is 10. The summed E-state index contributed by atoms with van der Waals surface area (Å²) >= 11 is 0. The predicted molar refractivity (Wildman–Crippen MR) is 219 cm³/mol. The SMILES string of the molecule is CC/C=C\C/C=C\C/C=C\C/C=C\CCC(=O)OCC(COC(=O)CCCCCCCCCCCC)OC(=O)CCCCCCC/C=C\CCCC. The van der Waals surface area contributed by atoms with Gasteiger partial charge in [0.15, 0.2) is 6.10 Å². The topological polar surface area (TPSA) is 78.9 Å². The molecule has 0 aliphatic carbocycles. The average molecular weight is 727 g/mol. The zero-order valence-corrected chi connectivity index (χ0v) is 33.8. The summed E-state index contributed by atoms with van der Waals surface area (Å²) in [5, 5.41) is 0. The van der Waals surface area contributed by atoms with Crippen LogP contribution >= 0.6 is 0 Å². The molecule has 0 heterocycles. The molecule has 0 rings (SSSR count). The van der Waals surface area contributed by atoms with E-state index in [4.69, 9.17) is 14.2 Å². The summed E-state index contributed by atoms with van der Waals surface area (Å²) in [5.41, 5.74) is 0. The van der Waals surface area contributed by atoms with E-state index < -0.39 is 6.10 Å². The number of rotatable bonds is 37. The van der Waals surface area contributed by atoms with Crippen LogP contribution in [0, 0.1) is 0 Å². The van der Waals surface area contributed by atoms with Crippen molar-refractivity contribution in [2.75, 3.05) is 13.2 Å². The minimum absolute atomic E-state index is 0.0990. The molecule has 0 aliphatic rings. The third-order valence-electron chi connectivity index (χ3n) is 8.77. The Kier molecular flexibility index (Phi) is 38.6. The van der Waals surface area contributed by atoms with Crippen LogP contribution in [-0.4, -0.2) is 37.2 Å². The van der Waals surface area contributed by atoms with Crippen molar-refractivity contribution >= 4 is 17.9 Å². The maximum atomic E-state index is 12.6. The second-order valence-corrected chi connectivity index (χ2v) is 13.9. The van der Waals surface area contributed by atoms with Crippen LogP contribution in [-0.2, 0) is 28.6 Å². The van der Waals surface area contributed by atoms with Gasteiger partial charge < -0.3 is 14.2 Å². The highest BCUT2D eigenvalue weighted by molar-refractivity contribution is 5.71. The number of hydrogen-bond donors (Lipinski definition) is 0. The summed E-state index contributed by atoms with van der Waals surface area (Å²) in [6, 6.07) is 0. The molecule has 0 fully saturated rings. The molecule has 0 aromatic heterocycles. The van der Waals surface area contributed by atoms with E-state index in [1.165, 1.54) is 70.6 Å². The van der Waals surface area contributed by atoms with Crippen molar-refractivity contribution in [3.8, 4) is 0 Å². The van der Waals surface area contributed by atoms with Crippen molar-refractivity contribution in [3.63, 3.8) is 0 Å². The van der Waals surface area contributed by atoms with Gasteiger partial charge in [-0.05, 0) is 64.2 Å². The third-order valence-corrected chi connectivity index (χ3v) is 8.77. The molecular weight excluding hydrogens is 648 g/mol. The van der Waals surface area contributed by atoms with Crippen LogP contribution in [0.3, 0.4) is 0 Å². The van der Waals surface area contributed by atoms with E-state index in [1.807, 2.05) is 12.2 Å². The van der Waals surface area contributed by atoms with Gasteiger partial charge in [0.25, 0.3) is 0 Å². The smallest absolute Gasteiger partial charge is 0.306 e. The minimum Gasteiger partial charge on any atom is -0.462 e. The molecule has 6 nitrogen and oxygen atoms in total. The Labute approximate surface area is 320 Å². The lowest BCUT2D eigenvalue weighted by Crippen LogP contribution is -2.30. The maximum absolute atomic E-state index is 12.6. The van der Waals surface area contributed by atoms with Crippen LogP contribution in [0.5, 0.6) is 0 Å². The van der Waals surface area contributed by atoms with Gasteiger partial charge in [0, 0.05) is 19.3 Å². The molecule has 0 saturated carbocycles. The fourth-order valence-electron chi connectivity index (χ4n) is 5.55. The first kappa shape index (κ1) is 49.1. The zero-order chi connectivity index (χ0) is 38.0. The van der Waals surface area contributed by atoms with Crippen LogP contribution in [0.15, 0.2) is 60.8 Å². The molecule has 1 unspecified atom stereocenters.